The van der Waals surface area contributed by atoms with Crippen molar-refractivity contribution in [2.24, 2.45) is 0 Å². The number of thiophene rings is 2. The zero-order chi connectivity index (χ0) is 58.1. The van der Waals surface area contributed by atoms with Gasteiger partial charge in [0.25, 0.3) is 0 Å². The van der Waals surface area contributed by atoms with E-state index in [0.717, 1.165) is 71.2 Å². The van der Waals surface area contributed by atoms with E-state index in [1.54, 1.807) is 61.8 Å². The summed E-state index contributed by atoms with van der Waals surface area (Å²) in [5, 5.41) is 7.23. The van der Waals surface area contributed by atoms with E-state index in [0.29, 0.717) is 81.6 Å². The number of fused-ring (bicyclic) bond motifs is 2. The first-order valence-electron chi connectivity index (χ1n) is 27.9. The lowest BCUT2D eigenvalue weighted by Gasteiger charge is -2.42. The van der Waals surface area contributed by atoms with Crippen LogP contribution in [0.2, 0.25) is 33.2 Å². The Morgan fingerprint density at radius 1 is 0.512 bits per heavy atom. The van der Waals surface area contributed by atoms with Gasteiger partial charge in [0.05, 0.1) is 55.8 Å². The number of aromatic nitrogens is 8. The van der Waals surface area contributed by atoms with Crippen LogP contribution < -0.4 is 0 Å². The lowest BCUT2D eigenvalue weighted by Crippen LogP contribution is -2.48. The second kappa shape index (κ2) is 28.2. The number of methoxy groups -OCH3 is 2. The smallest absolute Gasteiger partial charge is 0.218 e. The van der Waals surface area contributed by atoms with Crippen molar-refractivity contribution in [2.45, 2.75) is 166 Å². The van der Waals surface area contributed by atoms with Crippen molar-refractivity contribution in [3.05, 3.63) is 95.5 Å². The molecule has 80 heavy (non-hydrogen) atoms. The monoisotopic (exact) mass is 1200 g/mol. The Bertz CT molecular complexity index is 3110. The van der Waals surface area contributed by atoms with Gasteiger partial charge >= 0.3 is 0 Å². The number of rotatable bonds is 26. The predicted octanol–water partition coefficient (Wildman–Crippen LogP) is 15.4. The molecule has 432 valence electrons. The van der Waals surface area contributed by atoms with Crippen LogP contribution in [0.3, 0.4) is 0 Å². The summed E-state index contributed by atoms with van der Waals surface area (Å²) in [5.74, 6) is 1.84. The molecule has 8 rings (SSSR count). The van der Waals surface area contributed by atoms with Crippen molar-refractivity contribution in [1.29, 1.82) is 0 Å². The number of benzene rings is 2. The lowest BCUT2D eigenvalue weighted by molar-refractivity contribution is 0.129. The molecule has 8 aromatic rings. The highest BCUT2D eigenvalue weighted by Gasteiger charge is 2.46. The van der Waals surface area contributed by atoms with Crippen LogP contribution in [0, 0.1) is 0 Å². The molecular formula is C60H84N8O6S4Si2. The van der Waals surface area contributed by atoms with E-state index in [1.165, 1.54) is 20.2 Å². The van der Waals surface area contributed by atoms with E-state index in [2.05, 4.69) is 171 Å². The molecule has 0 aliphatic heterocycles. The quantitative estimate of drug-likeness (QED) is 0.0287. The van der Waals surface area contributed by atoms with E-state index < -0.39 is 38.2 Å². The summed E-state index contributed by atoms with van der Waals surface area (Å²) in [7, 11) is -3.10. The molecule has 0 amide bonds. The molecule has 0 radical (unpaired) electrons. The van der Waals surface area contributed by atoms with Gasteiger partial charge in [-0.25, -0.2) is 29.9 Å². The fourth-order valence-electron chi connectivity index (χ4n) is 12.2. The first-order chi connectivity index (χ1) is 38.2. The van der Waals surface area contributed by atoms with Crippen LogP contribution >= 0.6 is 22.7 Å². The average molecular weight is 1200 g/mol. The Hall–Kier alpha value is -4.49. The fraction of sp³-hybridized carbons (Fsp3) is 0.500. The van der Waals surface area contributed by atoms with Crippen LogP contribution in [0.5, 0.6) is 0 Å². The molecule has 0 fully saturated rings. The second-order valence-corrected chi connectivity index (χ2v) is 37.7. The Balaban J connectivity index is 0.000000231. The van der Waals surface area contributed by atoms with Gasteiger partial charge < -0.3 is 27.5 Å². The molecule has 0 N–H and O–H groups in total. The van der Waals surface area contributed by atoms with Crippen LogP contribution in [0.4, 0.5) is 0 Å². The molecule has 0 saturated heterocycles. The van der Waals surface area contributed by atoms with Gasteiger partial charge in [0.15, 0.2) is 16.6 Å². The van der Waals surface area contributed by atoms with Crippen molar-refractivity contribution >= 4 is 81.1 Å². The summed E-state index contributed by atoms with van der Waals surface area (Å²) in [5.41, 5.74) is 10.0. The van der Waals surface area contributed by atoms with Crippen LogP contribution in [0.1, 0.15) is 108 Å². The third kappa shape index (κ3) is 13.8. The number of aryl methyl sites for hydroxylation is 2. The maximum atomic E-state index is 12.2. The maximum absolute atomic E-state index is 12.2. The molecule has 0 saturated carbocycles. The zero-order valence-corrected chi connectivity index (χ0v) is 55.1. The highest BCUT2D eigenvalue weighted by Crippen LogP contribution is 2.44. The molecule has 2 atom stereocenters. The van der Waals surface area contributed by atoms with Crippen LogP contribution in [0.25, 0.3) is 65.5 Å². The first-order valence-corrected chi connectivity index (χ1v) is 37.1. The summed E-state index contributed by atoms with van der Waals surface area (Å²) in [6.45, 7) is 29.9. The summed E-state index contributed by atoms with van der Waals surface area (Å²) >= 11 is 3.43. The predicted molar refractivity (Wildman–Crippen MR) is 337 cm³/mol. The molecule has 6 heterocycles. The molecule has 20 heteroatoms. The third-order valence-corrected chi connectivity index (χ3v) is 31.0. The van der Waals surface area contributed by atoms with Crippen molar-refractivity contribution in [3.8, 4) is 45.3 Å². The van der Waals surface area contributed by atoms with Gasteiger partial charge in [0.1, 0.15) is 25.1 Å². The average Bonchev–Trinajstić information content (AvgIpc) is 4.39. The summed E-state index contributed by atoms with van der Waals surface area (Å²) < 4.78 is 56.1. The largest absolute Gasteiger partial charge is 0.416 e. The van der Waals surface area contributed by atoms with E-state index in [1.807, 2.05) is 12.1 Å². The molecule has 0 bridgehead atoms. The topological polar surface area (TPSA) is 158 Å². The van der Waals surface area contributed by atoms with Crippen molar-refractivity contribution in [1.82, 2.24) is 39.0 Å². The zero-order valence-electron chi connectivity index (χ0n) is 49.9. The normalized spacial score (nSPS) is 13.3. The van der Waals surface area contributed by atoms with E-state index in [4.69, 9.17) is 28.3 Å². The van der Waals surface area contributed by atoms with Gasteiger partial charge in [0, 0.05) is 85.7 Å². The highest BCUT2D eigenvalue weighted by atomic mass is 32.2. The maximum Gasteiger partial charge on any atom is 0.218 e. The molecule has 14 nitrogen and oxygen atoms in total. The first kappa shape index (κ1) is 63.1. The Labute approximate surface area is 490 Å². The minimum absolute atomic E-state index is 0.301. The molecule has 0 spiro atoms. The third-order valence-electron chi connectivity index (χ3n) is 15.5. The Morgan fingerprint density at radius 2 is 0.875 bits per heavy atom. The van der Waals surface area contributed by atoms with Crippen LogP contribution in [-0.4, -0.2) is 104 Å². The molecule has 6 aromatic heterocycles. The minimum Gasteiger partial charge on any atom is -0.416 e. The number of nitrogens with zero attached hydrogens (tertiary/aromatic N) is 8. The van der Waals surface area contributed by atoms with Gasteiger partial charge in [0.2, 0.25) is 10.3 Å². The molecule has 0 aliphatic rings. The van der Waals surface area contributed by atoms with E-state index >= 15 is 0 Å². The number of hydrogen-bond acceptors (Lipinski definition) is 14. The SMILES string of the molecule is COCn1c(CCCO[Si](C(C)C)(C(C)C)C(C)C)nc(-c2ccc3ccsc3c2)c1-c1ccnc(S(C)=O)n1.COCn1c(CCCO[Si](C(C)C)(C(C)C)C(C)C)nc(-c2ccc3ccsc3c2)c1-c1ccnc(S(C)=O)n1. The van der Waals surface area contributed by atoms with Crippen LogP contribution in [0.15, 0.2) is 94.1 Å². The number of hydrogen-bond donors (Lipinski definition) is 0. The Morgan fingerprint density at radius 3 is 1.20 bits per heavy atom. The van der Waals surface area contributed by atoms with Crippen LogP contribution in [-0.2, 0) is 66.2 Å². The molecule has 2 unspecified atom stereocenters. The minimum atomic E-state index is -1.94. The lowest BCUT2D eigenvalue weighted by atomic mass is 10.1. The molecule has 0 aliphatic carbocycles. The summed E-state index contributed by atoms with van der Waals surface area (Å²) in [6, 6.07) is 20.8. The Kier molecular flexibility index (Phi) is 22.2. The van der Waals surface area contributed by atoms with Gasteiger partial charge in [-0.3, -0.25) is 8.42 Å². The van der Waals surface area contributed by atoms with Crippen molar-refractivity contribution in [3.63, 3.8) is 0 Å². The van der Waals surface area contributed by atoms with E-state index in [-0.39, 0.29) is 0 Å². The fourth-order valence-corrected chi connectivity index (χ4v) is 25.7. The summed E-state index contributed by atoms with van der Waals surface area (Å²) in [6.07, 6.45) is 9.72. The van der Waals surface area contributed by atoms with Gasteiger partial charge in [-0.05, 0) is 104 Å². The van der Waals surface area contributed by atoms with Gasteiger partial charge in [-0.2, -0.15) is 0 Å². The number of ether oxygens (including phenoxy) is 2. The standard InChI is InChI=1S/2C30H42N4O3S2Si/c2*1-20(2)40(21(3)4,22(5)6)37-16-9-10-27-33-28(24-12-11-23-14-17-38-26(23)18-24)29(34(27)19-36-7)25-13-15-31-30(32-25)39(8)35/h2*11-15,17-18,20-22H,9-10,16,19H2,1-8H3. The number of imidazole rings is 2. The summed E-state index contributed by atoms with van der Waals surface area (Å²) in [4.78, 5) is 28.2. The second-order valence-electron chi connectivity index (χ2n) is 22.4. The van der Waals surface area contributed by atoms with Gasteiger partial charge in [-0.1, -0.05) is 107 Å². The van der Waals surface area contributed by atoms with Crippen molar-refractivity contribution in [2.75, 3.05) is 39.9 Å². The molecular weight excluding hydrogens is 1110 g/mol. The molecule has 2 aromatic carbocycles. The highest BCUT2D eigenvalue weighted by molar-refractivity contribution is 7.84. The van der Waals surface area contributed by atoms with E-state index in [9.17, 15) is 8.42 Å². The van der Waals surface area contributed by atoms with Crippen molar-refractivity contribution < 1.29 is 26.7 Å². The van der Waals surface area contributed by atoms with Gasteiger partial charge in [-0.15, -0.1) is 22.7 Å².